The standard InChI is InChI=1S/C11H16ClN3OS/c1-17-11-14-9(12)6-10(15-11)16-7-8-4-2-3-5-13-8/h6,8,13H,2-5,7H2,1H3/t8-/m1/s1. The van der Waals surface area contributed by atoms with Gasteiger partial charge in [0.2, 0.25) is 5.88 Å². The Balaban J connectivity index is 1.91. The van der Waals surface area contributed by atoms with E-state index < -0.39 is 0 Å². The van der Waals surface area contributed by atoms with Gasteiger partial charge in [-0.05, 0) is 25.6 Å². The average Bonchev–Trinajstić information content (AvgIpc) is 2.37. The number of hydrogen-bond acceptors (Lipinski definition) is 5. The molecule has 1 atom stereocenters. The first kappa shape index (κ1) is 12.9. The fourth-order valence-electron chi connectivity index (χ4n) is 1.79. The highest BCUT2D eigenvalue weighted by Crippen LogP contribution is 2.19. The van der Waals surface area contributed by atoms with Crippen molar-refractivity contribution in [1.82, 2.24) is 15.3 Å². The lowest BCUT2D eigenvalue weighted by Gasteiger charge is -2.23. The normalized spacial score (nSPS) is 20.2. The summed E-state index contributed by atoms with van der Waals surface area (Å²) >= 11 is 7.35. The molecule has 0 saturated carbocycles. The predicted octanol–water partition coefficient (Wildman–Crippen LogP) is 2.37. The summed E-state index contributed by atoms with van der Waals surface area (Å²) in [5.41, 5.74) is 0. The maximum absolute atomic E-state index is 5.89. The molecule has 1 saturated heterocycles. The maximum Gasteiger partial charge on any atom is 0.218 e. The lowest BCUT2D eigenvalue weighted by Crippen LogP contribution is -2.38. The molecular weight excluding hydrogens is 258 g/mol. The van der Waals surface area contributed by atoms with Crippen LogP contribution in [-0.4, -0.2) is 35.4 Å². The van der Waals surface area contributed by atoms with Gasteiger partial charge in [0.05, 0.1) is 0 Å². The maximum atomic E-state index is 5.89. The number of hydrogen-bond donors (Lipinski definition) is 1. The minimum atomic E-state index is 0.426. The Kier molecular flexibility index (Phi) is 4.88. The molecule has 94 valence electrons. The first-order chi connectivity index (χ1) is 8.28. The van der Waals surface area contributed by atoms with Gasteiger partial charge in [0.25, 0.3) is 0 Å². The average molecular weight is 274 g/mol. The molecule has 6 heteroatoms. The molecule has 17 heavy (non-hydrogen) atoms. The van der Waals surface area contributed by atoms with Crippen molar-refractivity contribution in [2.45, 2.75) is 30.5 Å². The highest BCUT2D eigenvalue weighted by molar-refractivity contribution is 7.98. The lowest BCUT2D eigenvalue weighted by atomic mass is 10.1. The first-order valence-corrected chi connectivity index (χ1v) is 7.33. The van der Waals surface area contributed by atoms with Gasteiger partial charge < -0.3 is 10.1 Å². The number of nitrogens with zero attached hydrogens (tertiary/aromatic N) is 2. The third-order valence-corrected chi connectivity index (χ3v) is 3.42. The molecule has 0 spiro atoms. The third-order valence-electron chi connectivity index (χ3n) is 2.68. The smallest absolute Gasteiger partial charge is 0.218 e. The van der Waals surface area contributed by atoms with Crippen LogP contribution in [0.15, 0.2) is 11.2 Å². The van der Waals surface area contributed by atoms with E-state index >= 15 is 0 Å². The molecule has 0 radical (unpaired) electrons. The number of rotatable bonds is 4. The van der Waals surface area contributed by atoms with Crippen LogP contribution in [-0.2, 0) is 0 Å². The van der Waals surface area contributed by atoms with Crippen LogP contribution in [0.4, 0.5) is 0 Å². The van der Waals surface area contributed by atoms with Gasteiger partial charge in [-0.1, -0.05) is 29.8 Å². The van der Waals surface area contributed by atoms with E-state index in [2.05, 4.69) is 15.3 Å². The number of piperidine rings is 1. The molecule has 1 aliphatic heterocycles. The van der Waals surface area contributed by atoms with E-state index in [0.717, 1.165) is 13.0 Å². The molecule has 1 aliphatic rings. The van der Waals surface area contributed by atoms with Crippen LogP contribution in [0.3, 0.4) is 0 Å². The molecule has 0 aromatic carbocycles. The Hall–Kier alpha value is -0.520. The summed E-state index contributed by atoms with van der Waals surface area (Å²) in [4.78, 5) is 8.32. The SMILES string of the molecule is CSc1nc(Cl)cc(OC[C@H]2CCCCN2)n1. The molecule has 1 fully saturated rings. The van der Waals surface area contributed by atoms with Gasteiger partial charge >= 0.3 is 0 Å². The zero-order chi connectivity index (χ0) is 12.1. The molecule has 0 bridgehead atoms. The molecule has 2 rings (SSSR count). The zero-order valence-electron chi connectivity index (χ0n) is 9.78. The summed E-state index contributed by atoms with van der Waals surface area (Å²) in [5.74, 6) is 0.557. The number of nitrogens with one attached hydrogen (secondary N) is 1. The quantitative estimate of drug-likeness (QED) is 0.518. The van der Waals surface area contributed by atoms with E-state index in [0.29, 0.717) is 28.8 Å². The van der Waals surface area contributed by atoms with Crippen LogP contribution in [0.1, 0.15) is 19.3 Å². The number of ether oxygens (including phenoxy) is 1. The van der Waals surface area contributed by atoms with E-state index in [1.54, 1.807) is 6.07 Å². The number of thioether (sulfide) groups is 1. The summed E-state index contributed by atoms with van der Waals surface area (Å²) in [6, 6.07) is 2.08. The molecule has 1 N–H and O–H groups in total. The van der Waals surface area contributed by atoms with Crippen LogP contribution in [0.2, 0.25) is 5.15 Å². The summed E-state index contributed by atoms with van der Waals surface area (Å²) in [6.07, 6.45) is 5.60. The van der Waals surface area contributed by atoms with Gasteiger partial charge in [-0.2, -0.15) is 4.98 Å². The van der Waals surface area contributed by atoms with Crippen molar-refractivity contribution in [1.29, 1.82) is 0 Å². The molecular formula is C11H16ClN3OS. The molecule has 1 aromatic heterocycles. The minimum Gasteiger partial charge on any atom is -0.476 e. The Bertz CT molecular complexity index is 372. The van der Waals surface area contributed by atoms with Crippen molar-refractivity contribution in [3.8, 4) is 5.88 Å². The molecule has 4 nitrogen and oxygen atoms in total. The zero-order valence-corrected chi connectivity index (χ0v) is 11.4. The Morgan fingerprint density at radius 3 is 3.12 bits per heavy atom. The van der Waals surface area contributed by atoms with E-state index in [-0.39, 0.29) is 0 Å². The second kappa shape index (κ2) is 6.42. The van der Waals surface area contributed by atoms with Gasteiger partial charge in [0.15, 0.2) is 5.16 Å². The fraction of sp³-hybridized carbons (Fsp3) is 0.636. The summed E-state index contributed by atoms with van der Waals surface area (Å²) in [7, 11) is 0. The molecule has 0 amide bonds. The van der Waals surface area contributed by atoms with Crippen molar-refractivity contribution in [3.63, 3.8) is 0 Å². The van der Waals surface area contributed by atoms with Crippen molar-refractivity contribution >= 4 is 23.4 Å². The minimum absolute atomic E-state index is 0.426. The topological polar surface area (TPSA) is 47.0 Å². The van der Waals surface area contributed by atoms with Gasteiger partial charge in [0, 0.05) is 12.1 Å². The van der Waals surface area contributed by atoms with Gasteiger partial charge in [0.1, 0.15) is 11.8 Å². The van der Waals surface area contributed by atoms with Crippen LogP contribution in [0, 0.1) is 0 Å². The molecule has 0 aliphatic carbocycles. The van der Waals surface area contributed by atoms with Crippen molar-refractivity contribution in [2.24, 2.45) is 0 Å². The summed E-state index contributed by atoms with van der Waals surface area (Å²) in [5, 5.41) is 4.50. The monoisotopic (exact) mass is 273 g/mol. The van der Waals surface area contributed by atoms with Crippen molar-refractivity contribution in [2.75, 3.05) is 19.4 Å². The second-order valence-corrected chi connectivity index (χ2v) is 5.13. The first-order valence-electron chi connectivity index (χ1n) is 5.72. The van der Waals surface area contributed by atoms with Crippen molar-refractivity contribution < 1.29 is 4.74 Å². The summed E-state index contributed by atoms with van der Waals surface area (Å²) < 4.78 is 5.66. The largest absolute Gasteiger partial charge is 0.476 e. The molecule has 2 heterocycles. The second-order valence-electron chi connectivity index (χ2n) is 3.97. The molecule has 0 unspecified atom stereocenters. The van der Waals surface area contributed by atoms with Crippen LogP contribution in [0.5, 0.6) is 5.88 Å². The lowest BCUT2D eigenvalue weighted by molar-refractivity contribution is 0.230. The highest BCUT2D eigenvalue weighted by atomic mass is 35.5. The highest BCUT2D eigenvalue weighted by Gasteiger charge is 2.13. The van der Waals surface area contributed by atoms with E-state index in [4.69, 9.17) is 16.3 Å². The predicted molar refractivity (Wildman–Crippen MR) is 70.0 cm³/mol. The summed E-state index contributed by atoms with van der Waals surface area (Å²) in [6.45, 7) is 1.72. The third kappa shape index (κ3) is 4.01. The van der Waals surface area contributed by atoms with Crippen LogP contribution in [0.25, 0.3) is 0 Å². The van der Waals surface area contributed by atoms with Crippen molar-refractivity contribution in [3.05, 3.63) is 11.2 Å². The van der Waals surface area contributed by atoms with Gasteiger partial charge in [-0.25, -0.2) is 4.98 Å². The van der Waals surface area contributed by atoms with Gasteiger partial charge in [-0.15, -0.1) is 0 Å². The number of aromatic nitrogens is 2. The van der Waals surface area contributed by atoms with E-state index in [9.17, 15) is 0 Å². The van der Waals surface area contributed by atoms with Crippen LogP contribution >= 0.6 is 23.4 Å². The number of halogens is 1. The Morgan fingerprint density at radius 2 is 2.41 bits per heavy atom. The van der Waals surface area contributed by atoms with E-state index in [1.807, 2.05) is 6.26 Å². The van der Waals surface area contributed by atoms with Gasteiger partial charge in [-0.3, -0.25) is 0 Å². The molecule has 1 aromatic rings. The Morgan fingerprint density at radius 1 is 1.53 bits per heavy atom. The van der Waals surface area contributed by atoms with Crippen LogP contribution < -0.4 is 10.1 Å². The fourth-order valence-corrected chi connectivity index (χ4v) is 2.39. The van der Waals surface area contributed by atoms with E-state index in [1.165, 1.54) is 24.6 Å². The Labute approximate surface area is 111 Å².